The van der Waals surface area contributed by atoms with Gasteiger partial charge in [0, 0.05) is 33.4 Å². The van der Waals surface area contributed by atoms with Gasteiger partial charge in [-0.15, -0.1) is 0 Å². The van der Waals surface area contributed by atoms with Crippen molar-refractivity contribution in [2.24, 2.45) is 0 Å². The van der Waals surface area contributed by atoms with Crippen molar-refractivity contribution >= 4 is 49.7 Å². The maximum atomic E-state index is 6.59. The molecule has 1 aliphatic rings. The van der Waals surface area contributed by atoms with Gasteiger partial charge in [-0.05, 0) is 104 Å². The zero-order valence-corrected chi connectivity index (χ0v) is 28.5. The highest BCUT2D eigenvalue weighted by Gasteiger charge is 2.35. The van der Waals surface area contributed by atoms with E-state index in [-0.39, 0.29) is 5.41 Å². The van der Waals surface area contributed by atoms with E-state index in [1.807, 2.05) is 30.3 Å². The summed E-state index contributed by atoms with van der Waals surface area (Å²) < 4.78 is 6.59. The van der Waals surface area contributed by atoms with E-state index in [0.717, 1.165) is 55.3 Å². The molecule has 242 valence electrons. The summed E-state index contributed by atoms with van der Waals surface area (Å²) >= 11 is 0. The van der Waals surface area contributed by atoms with Gasteiger partial charge in [0.15, 0.2) is 5.58 Å². The Morgan fingerprint density at radius 3 is 1.96 bits per heavy atom. The van der Waals surface area contributed by atoms with Crippen molar-refractivity contribution in [2.45, 2.75) is 19.3 Å². The largest absolute Gasteiger partial charge is 0.435 e. The van der Waals surface area contributed by atoms with Crippen LogP contribution in [0.3, 0.4) is 0 Å². The second kappa shape index (κ2) is 11.3. The van der Waals surface area contributed by atoms with E-state index in [1.54, 1.807) is 0 Å². The van der Waals surface area contributed by atoms with Gasteiger partial charge in [-0.1, -0.05) is 129 Å². The lowest BCUT2D eigenvalue weighted by Crippen LogP contribution is -2.15. The summed E-state index contributed by atoms with van der Waals surface area (Å²) in [6.07, 6.45) is 0. The van der Waals surface area contributed by atoms with Crippen LogP contribution in [0.4, 0.5) is 17.1 Å². The third-order valence-electron chi connectivity index (χ3n) is 10.7. The normalized spacial score (nSPS) is 13.1. The standard InChI is InChI=1S/C48H34N2O/c1-48(2)42-19-10-9-18-39(42)41-30-38(25-26-43(41)48)50(36-17-11-16-35(28-36)31-12-5-3-6-13-31)37-24-22-32-20-21-33-23-27-44-46(45(33)40(32)29-37)51-47(49-44)34-14-7-4-8-15-34/h3-30H,1-2H3. The summed E-state index contributed by atoms with van der Waals surface area (Å²) in [7, 11) is 0. The van der Waals surface area contributed by atoms with Crippen molar-refractivity contribution in [3.63, 3.8) is 0 Å². The van der Waals surface area contributed by atoms with Crippen LogP contribution in [0.2, 0.25) is 0 Å². The number of rotatable bonds is 5. The number of benzene rings is 8. The molecule has 1 aliphatic carbocycles. The first-order valence-corrected chi connectivity index (χ1v) is 17.5. The molecule has 9 aromatic rings. The van der Waals surface area contributed by atoms with Gasteiger partial charge in [0.2, 0.25) is 5.89 Å². The Hall–Kier alpha value is -6.45. The minimum atomic E-state index is -0.0641. The number of oxazole rings is 1. The molecular weight excluding hydrogens is 621 g/mol. The molecule has 0 unspecified atom stereocenters. The minimum absolute atomic E-state index is 0.0641. The Bertz CT molecular complexity index is 2780. The molecule has 0 amide bonds. The van der Waals surface area contributed by atoms with Crippen molar-refractivity contribution in [1.29, 1.82) is 0 Å². The SMILES string of the molecule is CC1(C)c2ccccc2-c2cc(N(c3cccc(-c4ccccc4)c3)c3ccc4ccc5ccc6nc(-c7ccccc7)oc6c5c4c3)ccc21. The fourth-order valence-electron chi connectivity index (χ4n) is 8.10. The van der Waals surface area contributed by atoms with Gasteiger partial charge in [0.05, 0.1) is 0 Å². The third kappa shape index (κ3) is 4.69. The second-order valence-corrected chi connectivity index (χ2v) is 14.0. The molecule has 1 heterocycles. The summed E-state index contributed by atoms with van der Waals surface area (Å²) in [4.78, 5) is 7.32. The first-order chi connectivity index (χ1) is 25.0. The molecule has 0 spiro atoms. The fraction of sp³-hybridized carbons (Fsp3) is 0.0625. The number of hydrogen-bond donors (Lipinski definition) is 0. The van der Waals surface area contributed by atoms with Crippen molar-refractivity contribution in [3.05, 3.63) is 181 Å². The number of fused-ring (bicyclic) bond motifs is 8. The first-order valence-electron chi connectivity index (χ1n) is 17.5. The summed E-state index contributed by atoms with van der Waals surface area (Å²) in [6.45, 7) is 4.67. The number of anilines is 3. The highest BCUT2D eigenvalue weighted by atomic mass is 16.3. The molecule has 1 aromatic heterocycles. The predicted octanol–water partition coefficient (Wildman–Crippen LogP) is 13.2. The summed E-state index contributed by atoms with van der Waals surface area (Å²) in [5.41, 5.74) is 13.5. The van der Waals surface area contributed by atoms with Crippen molar-refractivity contribution in [2.75, 3.05) is 4.90 Å². The van der Waals surface area contributed by atoms with E-state index in [2.05, 4.69) is 158 Å². The third-order valence-corrected chi connectivity index (χ3v) is 10.7. The molecule has 8 aromatic carbocycles. The molecule has 0 atom stereocenters. The van der Waals surface area contributed by atoms with Gasteiger partial charge >= 0.3 is 0 Å². The summed E-state index contributed by atoms with van der Waals surface area (Å²) in [6, 6.07) is 60.9. The summed E-state index contributed by atoms with van der Waals surface area (Å²) in [5.74, 6) is 0.631. The zero-order chi connectivity index (χ0) is 34.1. The van der Waals surface area contributed by atoms with Crippen LogP contribution in [0, 0.1) is 0 Å². The van der Waals surface area contributed by atoms with Crippen LogP contribution in [0.15, 0.2) is 174 Å². The molecule has 0 aliphatic heterocycles. The Morgan fingerprint density at radius 1 is 0.490 bits per heavy atom. The van der Waals surface area contributed by atoms with Crippen LogP contribution in [0.1, 0.15) is 25.0 Å². The number of aromatic nitrogens is 1. The Morgan fingerprint density at radius 2 is 1.12 bits per heavy atom. The fourth-order valence-corrected chi connectivity index (χ4v) is 8.10. The molecule has 51 heavy (non-hydrogen) atoms. The highest BCUT2D eigenvalue weighted by Crippen LogP contribution is 2.51. The van der Waals surface area contributed by atoms with Crippen molar-refractivity contribution in [1.82, 2.24) is 4.98 Å². The lowest BCUT2D eigenvalue weighted by molar-refractivity contribution is 0.623. The van der Waals surface area contributed by atoms with Gasteiger partial charge in [0.1, 0.15) is 5.52 Å². The van der Waals surface area contributed by atoms with Crippen molar-refractivity contribution < 1.29 is 4.42 Å². The van der Waals surface area contributed by atoms with Crippen LogP contribution in [-0.4, -0.2) is 4.98 Å². The Labute approximate surface area is 297 Å². The quantitative estimate of drug-likeness (QED) is 0.173. The van der Waals surface area contributed by atoms with Gasteiger partial charge in [-0.2, -0.15) is 0 Å². The number of hydrogen-bond acceptors (Lipinski definition) is 3. The zero-order valence-electron chi connectivity index (χ0n) is 28.5. The van der Waals surface area contributed by atoms with E-state index in [4.69, 9.17) is 9.40 Å². The molecule has 0 saturated carbocycles. The molecule has 10 rings (SSSR count). The van der Waals surface area contributed by atoms with Crippen LogP contribution >= 0.6 is 0 Å². The minimum Gasteiger partial charge on any atom is -0.435 e. The van der Waals surface area contributed by atoms with E-state index < -0.39 is 0 Å². The lowest BCUT2D eigenvalue weighted by Gasteiger charge is -2.28. The molecular formula is C48H34N2O. The Balaban J connectivity index is 1.21. The lowest BCUT2D eigenvalue weighted by atomic mass is 9.82. The molecule has 0 fully saturated rings. The average Bonchev–Trinajstić information content (AvgIpc) is 3.72. The van der Waals surface area contributed by atoms with E-state index in [0.29, 0.717) is 5.89 Å². The maximum Gasteiger partial charge on any atom is 0.227 e. The Kier molecular flexibility index (Phi) is 6.53. The van der Waals surface area contributed by atoms with Crippen LogP contribution in [-0.2, 0) is 5.41 Å². The average molecular weight is 655 g/mol. The second-order valence-electron chi connectivity index (χ2n) is 14.0. The molecule has 3 nitrogen and oxygen atoms in total. The summed E-state index contributed by atoms with van der Waals surface area (Å²) in [5, 5.41) is 4.48. The van der Waals surface area contributed by atoms with Gasteiger partial charge in [-0.3, -0.25) is 0 Å². The molecule has 0 bridgehead atoms. The van der Waals surface area contributed by atoms with Crippen LogP contribution in [0.5, 0.6) is 0 Å². The monoisotopic (exact) mass is 654 g/mol. The molecule has 0 saturated heterocycles. The van der Waals surface area contributed by atoms with Crippen molar-refractivity contribution in [3.8, 4) is 33.7 Å². The van der Waals surface area contributed by atoms with Gasteiger partial charge in [-0.25, -0.2) is 4.98 Å². The first kappa shape index (κ1) is 29.5. The van der Waals surface area contributed by atoms with Crippen LogP contribution in [0.25, 0.3) is 66.4 Å². The maximum absolute atomic E-state index is 6.59. The molecule has 3 heteroatoms. The highest BCUT2D eigenvalue weighted by molar-refractivity contribution is 6.18. The molecule has 0 N–H and O–H groups in total. The van der Waals surface area contributed by atoms with Gasteiger partial charge < -0.3 is 9.32 Å². The van der Waals surface area contributed by atoms with Gasteiger partial charge in [0.25, 0.3) is 0 Å². The van der Waals surface area contributed by atoms with Crippen LogP contribution < -0.4 is 4.90 Å². The van der Waals surface area contributed by atoms with E-state index in [9.17, 15) is 0 Å². The number of nitrogens with zero attached hydrogens (tertiary/aromatic N) is 2. The van der Waals surface area contributed by atoms with E-state index in [1.165, 1.54) is 33.4 Å². The predicted molar refractivity (Wildman–Crippen MR) is 212 cm³/mol. The van der Waals surface area contributed by atoms with E-state index >= 15 is 0 Å². The molecule has 0 radical (unpaired) electrons. The smallest absolute Gasteiger partial charge is 0.227 e. The topological polar surface area (TPSA) is 29.3 Å².